The van der Waals surface area contributed by atoms with Crippen molar-refractivity contribution in [2.45, 2.75) is 91.7 Å². The highest BCUT2D eigenvalue weighted by Gasteiger charge is 2.34. The molecular weight excluding hydrogens is 702 g/mol. The average Bonchev–Trinajstić information content (AvgIpc) is 3.75. The van der Waals surface area contributed by atoms with Gasteiger partial charge in [0.25, 0.3) is 11.8 Å². The van der Waals surface area contributed by atoms with Crippen LogP contribution >= 0.6 is 11.6 Å². The molecule has 3 amide bonds. The van der Waals surface area contributed by atoms with Gasteiger partial charge in [0.15, 0.2) is 0 Å². The van der Waals surface area contributed by atoms with E-state index in [4.69, 9.17) is 21.3 Å². The molecule has 0 saturated carbocycles. The number of hydrogen-bond acceptors (Lipinski definition) is 7. The lowest BCUT2D eigenvalue weighted by Crippen LogP contribution is -2.45. The van der Waals surface area contributed by atoms with Crippen molar-refractivity contribution in [3.05, 3.63) is 106 Å². The number of carbonyl (C=O) groups excluding carboxylic acids is 3. The first-order valence-corrected chi connectivity index (χ1v) is 18.6. The van der Waals surface area contributed by atoms with E-state index in [1.165, 1.54) is 0 Å². The lowest BCUT2D eigenvalue weighted by molar-refractivity contribution is -0.127. The zero-order valence-corrected chi connectivity index (χ0v) is 32.9. The second-order valence-electron chi connectivity index (χ2n) is 15.5. The number of fused-ring (bicyclic) bond motifs is 1. The predicted molar refractivity (Wildman–Crippen MR) is 212 cm³/mol. The molecule has 11 nitrogen and oxygen atoms in total. The summed E-state index contributed by atoms with van der Waals surface area (Å²) < 4.78 is 7.71. The molecule has 2 N–H and O–H groups in total. The van der Waals surface area contributed by atoms with Crippen LogP contribution in [-0.4, -0.2) is 68.5 Å². The molecule has 284 valence electrons. The van der Waals surface area contributed by atoms with E-state index in [0.717, 1.165) is 23.1 Å². The molecule has 0 aliphatic carbocycles. The van der Waals surface area contributed by atoms with E-state index in [1.807, 2.05) is 73.9 Å². The summed E-state index contributed by atoms with van der Waals surface area (Å²) in [7, 11) is 1.78. The molecule has 1 aliphatic rings. The Morgan fingerprint density at radius 2 is 1.76 bits per heavy atom. The van der Waals surface area contributed by atoms with E-state index < -0.39 is 11.6 Å². The Morgan fingerprint density at radius 1 is 1.06 bits per heavy atom. The SMILES string of the molecule is CNC(C)(C)C=C(C#N)C(=O)N1CCCC1Cn1c(NC(=O)c2ccc(Cl)cc2)nc2cc(CN(C(=O)OCc3ccccc3)[C@@H](C)C(C)(C)C)ccc21. The van der Waals surface area contributed by atoms with Crippen LogP contribution in [0.3, 0.4) is 0 Å². The summed E-state index contributed by atoms with van der Waals surface area (Å²) in [6, 6.07) is 23.7. The van der Waals surface area contributed by atoms with Gasteiger partial charge in [0.05, 0.1) is 17.1 Å². The molecule has 2 heterocycles. The normalized spacial score (nSPS) is 15.5. The first-order chi connectivity index (χ1) is 25.6. The number of nitrogens with zero attached hydrogens (tertiary/aromatic N) is 5. The molecule has 1 fully saturated rings. The van der Waals surface area contributed by atoms with Gasteiger partial charge in [-0.05, 0) is 99.7 Å². The fraction of sp³-hybridized carbons (Fsp3) is 0.405. The number of likely N-dealkylation sites (tertiary alicyclic amines) is 1. The third-order valence-electron chi connectivity index (χ3n) is 10.2. The number of nitriles is 1. The fourth-order valence-electron chi connectivity index (χ4n) is 6.39. The minimum Gasteiger partial charge on any atom is -0.445 e. The molecule has 0 spiro atoms. The minimum absolute atomic E-state index is 0.0778. The molecule has 4 aromatic rings. The van der Waals surface area contributed by atoms with Gasteiger partial charge in [-0.2, -0.15) is 5.26 Å². The Morgan fingerprint density at radius 3 is 2.41 bits per heavy atom. The molecule has 2 atom stereocenters. The second-order valence-corrected chi connectivity index (χ2v) is 15.9. The number of ether oxygens (including phenoxy) is 1. The van der Waals surface area contributed by atoms with Crippen LogP contribution in [0.4, 0.5) is 10.7 Å². The van der Waals surface area contributed by atoms with E-state index in [1.54, 1.807) is 47.2 Å². The number of aromatic nitrogens is 2. The molecule has 1 aliphatic heterocycles. The van der Waals surface area contributed by atoms with Crippen LogP contribution < -0.4 is 10.6 Å². The molecule has 3 aromatic carbocycles. The quantitative estimate of drug-likeness (QED) is 0.111. The van der Waals surface area contributed by atoms with Gasteiger partial charge in [-0.3, -0.25) is 14.9 Å². The minimum atomic E-state index is -0.549. The number of halogens is 1. The Balaban J connectivity index is 1.48. The number of benzene rings is 3. The maximum absolute atomic E-state index is 13.8. The molecule has 12 heteroatoms. The van der Waals surface area contributed by atoms with Gasteiger partial charge >= 0.3 is 6.09 Å². The van der Waals surface area contributed by atoms with Gasteiger partial charge in [-0.25, -0.2) is 9.78 Å². The van der Waals surface area contributed by atoms with Crippen LogP contribution in [0.5, 0.6) is 0 Å². The monoisotopic (exact) mass is 751 g/mol. The number of rotatable bonds is 12. The number of nitrogens with one attached hydrogen (secondary N) is 2. The molecule has 1 saturated heterocycles. The fourth-order valence-corrected chi connectivity index (χ4v) is 6.51. The zero-order chi connectivity index (χ0) is 39.2. The smallest absolute Gasteiger partial charge is 0.410 e. The van der Waals surface area contributed by atoms with E-state index in [-0.39, 0.29) is 48.0 Å². The maximum Gasteiger partial charge on any atom is 0.410 e. The molecule has 1 aromatic heterocycles. The Bertz CT molecular complexity index is 2040. The van der Waals surface area contributed by atoms with Crippen molar-refractivity contribution in [1.82, 2.24) is 24.7 Å². The summed E-state index contributed by atoms with van der Waals surface area (Å²) in [6.07, 6.45) is 2.73. The van der Waals surface area contributed by atoms with Gasteiger partial charge in [0, 0.05) is 41.8 Å². The van der Waals surface area contributed by atoms with E-state index in [9.17, 15) is 19.6 Å². The van der Waals surface area contributed by atoms with E-state index >= 15 is 0 Å². The van der Waals surface area contributed by atoms with E-state index in [0.29, 0.717) is 41.6 Å². The number of imidazole rings is 1. The second kappa shape index (κ2) is 16.9. The molecule has 1 unspecified atom stereocenters. The van der Waals surface area contributed by atoms with Gasteiger partial charge in [0.2, 0.25) is 5.95 Å². The highest BCUT2D eigenvalue weighted by atomic mass is 35.5. The molecule has 54 heavy (non-hydrogen) atoms. The van der Waals surface area contributed by atoms with Crippen LogP contribution in [0.25, 0.3) is 11.0 Å². The van der Waals surface area contributed by atoms with Crippen LogP contribution in [0.2, 0.25) is 5.02 Å². The van der Waals surface area contributed by atoms with Crippen molar-refractivity contribution in [2.75, 3.05) is 18.9 Å². The third-order valence-corrected chi connectivity index (χ3v) is 10.4. The third kappa shape index (κ3) is 9.67. The highest BCUT2D eigenvalue weighted by molar-refractivity contribution is 6.30. The molecule has 0 radical (unpaired) electrons. The number of carbonyl (C=O) groups is 3. The van der Waals surface area contributed by atoms with Gasteiger partial charge in [-0.1, -0.05) is 68.8 Å². The number of amides is 3. The Labute approximate surface area is 322 Å². The standard InChI is InChI=1S/C42H50ClN7O4/c1-28(41(2,3)4)49(40(53)54-27-29-12-9-8-10-13-29)25-30-15-20-36-35(22-30)46-39(47-37(51)31-16-18-33(43)19-17-31)50(36)26-34-14-11-21-48(34)38(52)32(24-44)23-42(5,6)45-7/h8-10,12-13,15-20,22-23,28,34,45H,11,14,21,25-27H2,1-7H3,(H,46,47,51)/t28-,34?/m0/s1. The number of anilines is 1. The van der Waals surface area contributed by atoms with Gasteiger partial charge in [-0.15, -0.1) is 0 Å². The first kappa shape index (κ1) is 40.0. The van der Waals surface area contributed by atoms with Crippen LogP contribution in [-0.2, 0) is 29.2 Å². The molecule has 5 rings (SSSR count). The van der Waals surface area contributed by atoms with Crippen LogP contribution in [0.15, 0.2) is 84.4 Å². The largest absolute Gasteiger partial charge is 0.445 e. The van der Waals surface area contributed by atoms with Crippen molar-refractivity contribution in [1.29, 1.82) is 5.26 Å². The maximum atomic E-state index is 13.8. The number of likely N-dealkylation sites (N-methyl/N-ethyl adjacent to an activating group) is 1. The van der Waals surface area contributed by atoms with Crippen molar-refractivity contribution in [2.24, 2.45) is 5.41 Å². The van der Waals surface area contributed by atoms with Gasteiger partial charge in [0.1, 0.15) is 18.2 Å². The predicted octanol–water partition coefficient (Wildman–Crippen LogP) is 7.95. The molecular formula is C42H50ClN7O4. The lowest BCUT2D eigenvalue weighted by Gasteiger charge is -2.37. The zero-order valence-electron chi connectivity index (χ0n) is 32.1. The average molecular weight is 752 g/mol. The summed E-state index contributed by atoms with van der Waals surface area (Å²) in [4.78, 5) is 49.3. The van der Waals surface area contributed by atoms with Crippen molar-refractivity contribution < 1.29 is 19.1 Å². The van der Waals surface area contributed by atoms with Crippen molar-refractivity contribution >= 4 is 46.5 Å². The summed E-state index contributed by atoms with van der Waals surface area (Å²) in [5.41, 5.74) is 2.81. The topological polar surface area (TPSA) is 133 Å². The van der Waals surface area contributed by atoms with Crippen molar-refractivity contribution in [3.8, 4) is 6.07 Å². The summed E-state index contributed by atoms with van der Waals surface area (Å²) >= 11 is 6.09. The Hall–Kier alpha value is -5.18. The van der Waals surface area contributed by atoms with Crippen LogP contribution in [0.1, 0.15) is 75.9 Å². The molecule has 0 bridgehead atoms. The number of hydrogen-bond donors (Lipinski definition) is 2. The summed E-state index contributed by atoms with van der Waals surface area (Å²) in [6.45, 7) is 13.4. The van der Waals surface area contributed by atoms with E-state index in [2.05, 4.69) is 37.5 Å². The summed E-state index contributed by atoms with van der Waals surface area (Å²) in [5.74, 6) is -0.372. The Kier molecular flexibility index (Phi) is 12.5. The lowest BCUT2D eigenvalue weighted by atomic mass is 9.87. The summed E-state index contributed by atoms with van der Waals surface area (Å²) in [5, 5.41) is 16.6. The van der Waals surface area contributed by atoms with Crippen LogP contribution in [0, 0.1) is 16.7 Å². The van der Waals surface area contributed by atoms with Gasteiger partial charge < -0.3 is 24.4 Å². The van der Waals surface area contributed by atoms with Crippen molar-refractivity contribution in [3.63, 3.8) is 0 Å². The highest BCUT2D eigenvalue weighted by Crippen LogP contribution is 2.30. The first-order valence-electron chi connectivity index (χ1n) is 18.3.